The highest BCUT2D eigenvalue weighted by molar-refractivity contribution is 6.31. The molecule has 2 amide bonds. The fourth-order valence-electron chi connectivity index (χ4n) is 3.96. The van der Waals surface area contributed by atoms with Gasteiger partial charge in [-0.1, -0.05) is 23.6 Å². The minimum absolute atomic E-state index is 0.0227. The van der Waals surface area contributed by atoms with Gasteiger partial charge in [0.05, 0.1) is 18.7 Å². The van der Waals surface area contributed by atoms with E-state index in [4.69, 9.17) is 22.8 Å². The molecule has 0 bridgehead atoms. The van der Waals surface area contributed by atoms with Gasteiger partial charge >= 0.3 is 6.03 Å². The lowest BCUT2D eigenvalue weighted by Crippen LogP contribution is -2.46. The largest absolute Gasteiger partial charge is 0.376 e. The van der Waals surface area contributed by atoms with Gasteiger partial charge in [0.2, 0.25) is 0 Å². The maximum absolute atomic E-state index is 14.6. The van der Waals surface area contributed by atoms with E-state index >= 15 is 0 Å². The Morgan fingerprint density at radius 3 is 2.86 bits per heavy atom. The number of nitrogens with one attached hydrogen (secondary N) is 1. The molecular weight excluding hydrogens is 381 g/mol. The zero-order valence-corrected chi connectivity index (χ0v) is 16.8. The average Bonchev–Trinajstić information content (AvgIpc) is 3.37. The number of nitrogens with zero attached hydrogens (tertiary/aromatic N) is 2. The molecule has 1 N–H and O–H groups in total. The van der Waals surface area contributed by atoms with Gasteiger partial charge in [0.25, 0.3) is 0 Å². The molecule has 152 valence electrons. The van der Waals surface area contributed by atoms with E-state index in [-0.39, 0.29) is 37.1 Å². The number of amides is 2. The number of carbonyl (C=O) groups excluding carboxylic acids is 1. The summed E-state index contributed by atoms with van der Waals surface area (Å²) in [7, 11) is 0. The summed E-state index contributed by atoms with van der Waals surface area (Å²) in [5.41, 5.74) is 0.439. The van der Waals surface area contributed by atoms with Crippen molar-refractivity contribution in [3.05, 3.63) is 34.6 Å². The summed E-state index contributed by atoms with van der Waals surface area (Å²) in [5, 5.41) is 3.32. The molecule has 3 rings (SSSR count). The Hall–Kier alpha value is -1.81. The van der Waals surface area contributed by atoms with Crippen LogP contribution in [0.25, 0.3) is 0 Å². The number of rotatable bonds is 7. The van der Waals surface area contributed by atoms with Crippen molar-refractivity contribution in [1.82, 2.24) is 15.1 Å². The molecule has 2 atom stereocenters. The third kappa shape index (κ3) is 5.16. The Bertz CT molecular complexity index is 692. The van der Waals surface area contributed by atoms with E-state index in [0.29, 0.717) is 17.1 Å². The van der Waals surface area contributed by atoms with Crippen molar-refractivity contribution in [2.24, 2.45) is 0 Å². The van der Waals surface area contributed by atoms with E-state index in [2.05, 4.69) is 16.1 Å². The Morgan fingerprint density at radius 2 is 2.21 bits per heavy atom. The minimum Gasteiger partial charge on any atom is -0.376 e. The third-order valence-electron chi connectivity index (χ3n) is 5.38. The van der Waals surface area contributed by atoms with Crippen LogP contribution in [0.5, 0.6) is 0 Å². The van der Waals surface area contributed by atoms with Crippen LogP contribution < -0.4 is 5.32 Å². The summed E-state index contributed by atoms with van der Waals surface area (Å²) in [6, 6.07) is 4.12. The maximum atomic E-state index is 14.6. The first-order chi connectivity index (χ1) is 13.6. The lowest BCUT2D eigenvalue weighted by molar-refractivity contribution is 0.0841. The second-order valence-corrected chi connectivity index (χ2v) is 7.71. The smallest absolute Gasteiger partial charge is 0.318 e. The van der Waals surface area contributed by atoms with Crippen LogP contribution in [0.2, 0.25) is 5.02 Å². The zero-order chi connectivity index (χ0) is 19.9. The van der Waals surface area contributed by atoms with E-state index in [9.17, 15) is 9.18 Å². The SMILES string of the molecule is C#CCN(C[C@@H]1CCCO1)C(=O)NC[C@H](c1c(F)cccc1Cl)N1CCCC1. The standard InChI is InChI=1S/C21H27ClFN3O2/c1-2-10-26(15-16-7-6-13-28-16)21(27)24-14-19(25-11-3-4-12-25)20-17(22)8-5-9-18(20)23/h1,5,8-9,16,19H,3-4,6-7,10-15H2,(H,24,27)/t16-,19+/m0/s1. The van der Waals surface area contributed by atoms with Crippen molar-refractivity contribution < 1.29 is 13.9 Å². The monoisotopic (exact) mass is 407 g/mol. The van der Waals surface area contributed by atoms with E-state index in [0.717, 1.165) is 45.4 Å². The second kappa shape index (κ2) is 10.1. The van der Waals surface area contributed by atoms with E-state index in [1.807, 2.05) is 0 Å². The third-order valence-corrected chi connectivity index (χ3v) is 5.71. The number of terminal acetylenes is 1. The van der Waals surface area contributed by atoms with Crippen LogP contribution in [0.3, 0.4) is 0 Å². The van der Waals surface area contributed by atoms with Crippen LogP contribution >= 0.6 is 11.6 Å². The minimum atomic E-state index is -0.349. The van der Waals surface area contributed by atoms with Gasteiger partial charge in [-0.3, -0.25) is 4.90 Å². The second-order valence-electron chi connectivity index (χ2n) is 7.30. The predicted molar refractivity (Wildman–Crippen MR) is 108 cm³/mol. The van der Waals surface area contributed by atoms with Crippen LogP contribution in [0, 0.1) is 18.2 Å². The molecule has 7 heteroatoms. The van der Waals surface area contributed by atoms with Gasteiger partial charge in [-0.2, -0.15) is 0 Å². The molecule has 2 aliphatic rings. The van der Waals surface area contributed by atoms with Gasteiger partial charge in [0.1, 0.15) is 5.82 Å². The molecule has 28 heavy (non-hydrogen) atoms. The molecule has 5 nitrogen and oxygen atoms in total. The van der Waals surface area contributed by atoms with Gasteiger partial charge < -0.3 is 15.0 Å². The van der Waals surface area contributed by atoms with Crippen molar-refractivity contribution in [2.75, 3.05) is 39.3 Å². The van der Waals surface area contributed by atoms with Crippen molar-refractivity contribution in [3.8, 4) is 12.3 Å². The normalized spacial score (nSPS) is 20.7. The van der Waals surface area contributed by atoms with Crippen molar-refractivity contribution in [2.45, 2.75) is 37.8 Å². The van der Waals surface area contributed by atoms with Crippen molar-refractivity contribution >= 4 is 17.6 Å². The Morgan fingerprint density at radius 1 is 1.43 bits per heavy atom. The van der Waals surface area contributed by atoms with Crippen LogP contribution in [-0.4, -0.2) is 61.3 Å². The summed E-state index contributed by atoms with van der Waals surface area (Å²) in [4.78, 5) is 16.5. The lowest BCUT2D eigenvalue weighted by Gasteiger charge is -2.30. The van der Waals surface area contributed by atoms with Crippen LogP contribution in [-0.2, 0) is 4.74 Å². The molecule has 2 heterocycles. The molecule has 0 radical (unpaired) electrons. The molecule has 2 aliphatic heterocycles. The quantitative estimate of drug-likeness (QED) is 0.704. The first kappa shape index (κ1) is 20.9. The van der Waals surface area contributed by atoms with Gasteiger partial charge in [0.15, 0.2) is 0 Å². The molecule has 2 fully saturated rings. The number of ether oxygens (including phenoxy) is 1. The van der Waals surface area contributed by atoms with Crippen LogP contribution in [0.1, 0.15) is 37.3 Å². The number of hydrogen-bond acceptors (Lipinski definition) is 3. The molecule has 0 unspecified atom stereocenters. The van der Waals surface area contributed by atoms with Gasteiger partial charge in [-0.15, -0.1) is 6.42 Å². The summed E-state index contributed by atoms with van der Waals surface area (Å²) in [5.74, 6) is 2.18. The zero-order valence-electron chi connectivity index (χ0n) is 16.0. The Balaban J connectivity index is 1.69. The first-order valence-corrected chi connectivity index (χ1v) is 10.2. The van der Waals surface area contributed by atoms with Crippen LogP contribution in [0.15, 0.2) is 18.2 Å². The summed E-state index contributed by atoms with van der Waals surface area (Å²) in [6.07, 6.45) is 9.50. The number of benzene rings is 1. The number of carbonyl (C=O) groups is 1. The Labute approximate surface area is 171 Å². The lowest BCUT2D eigenvalue weighted by atomic mass is 10.0. The van der Waals surface area contributed by atoms with Gasteiger partial charge in [-0.05, 0) is 50.9 Å². The van der Waals surface area contributed by atoms with Gasteiger partial charge in [-0.25, -0.2) is 9.18 Å². The first-order valence-electron chi connectivity index (χ1n) is 9.86. The topological polar surface area (TPSA) is 44.8 Å². The Kier molecular flexibility index (Phi) is 7.55. The maximum Gasteiger partial charge on any atom is 0.318 e. The highest BCUT2D eigenvalue weighted by atomic mass is 35.5. The van der Waals surface area contributed by atoms with E-state index < -0.39 is 0 Å². The van der Waals surface area contributed by atoms with Gasteiger partial charge in [0, 0.05) is 30.3 Å². The molecule has 0 saturated carbocycles. The fraction of sp³-hybridized carbons (Fsp3) is 0.571. The van der Waals surface area contributed by atoms with E-state index in [1.165, 1.54) is 6.07 Å². The summed E-state index contributed by atoms with van der Waals surface area (Å²) in [6.45, 7) is 3.38. The van der Waals surface area contributed by atoms with E-state index in [1.54, 1.807) is 17.0 Å². The van der Waals surface area contributed by atoms with Crippen molar-refractivity contribution in [1.29, 1.82) is 0 Å². The molecule has 0 aromatic heterocycles. The molecular formula is C21H27ClFN3O2. The highest BCUT2D eigenvalue weighted by Gasteiger charge is 2.29. The molecule has 2 saturated heterocycles. The summed E-state index contributed by atoms with van der Waals surface area (Å²) < 4.78 is 20.2. The van der Waals surface area contributed by atoms with Crippen LogP contribution in [0.4, 0.5) is 9.18 Å². The predicted octanol–water partition coefficient (Wildman–Crippen LogP) is 3.44. The summed E-state index contributed by atoms with van der Waals surface area (Å²) >= 11 is 6.31. The number of likely N-dealkylation sites (tertiary alicyclic amines) is 1. The fourth-order valence-corrected chi connectivity index (χ4v) is 4.24. The molecule has 1 aromatic carbocycles. The number of halogens is 2. The highest BCUT2D eigenvalue weighted by Crippen LogP contribution is 2.32. The molecule has 0 spiro atoms. The molecule has 0 aliphatic carbocycles. The van der Waals surface area contributed by atoms with Crippen molar-refractivity contribution in [3.63, 3.8) is 0 Å². The average molecular weight is 408 g/mol. The molecule has 1 aromatic rings. The number of urea groups is 1. The number of hydrogen-bond donors (Lipinski definition) is 1.